The van der Waals surface area contributed by atoms with Gasteiger partial charge in [-0.05, 0) is 50.4 Å². The molecule has 3 rings (SSSR count). The Morgan fingerprint density at radius 1 is 1.33 bits per heavy atom. The van der Waals surface area contributed by atoms with E-state index in [-0.39, 0.29) is 0 Å². The first-order valence-electron chi connectivity index (χ1n) is 8.10. The molecule has 0 aliphatic carbocycles. The highest BCUT2D eigenvalue weighted by molar-refractivity contribution is 6.31. The van der Waals surface area contributed by atoms with Crippen molar-refractivity contribution in [2.45, 2.75) is 51.4 Å². The molecule has 1 aromatic carbocycles. The number of benzene rings is 1. The van der Waals surface area contributed by atoms with Crippen LogP contribution in [0.1, 0.15) is 44.7 Å². The summed E-state index contributed by atoms with van der Waals surface area (Å²) in [5.41, 5.74) is 2.41. The lowest BCUT2D eigenvalue weighted by molar-refractivity contribution is 0.0305. The molecule has 3 atom stereocenters. The Labute approximate surface area is 132 Å². The molecular weight excluding hydrogens is 284 g/mol. The maximum atomic E-state index is 6.51. The highest BCUT2D eigenvalue weighted by Gasteiger charge is 2.33. The molecule has 2 aliphatic rings. The summed E-state index contributed by atoms with van der Waals surface area (Å²) in [7, 11) is 0. The fourth-order valence-electron chi connectivity index (χ4n) is 3.36. The Balaban J connectivity index is 1.72. The van der Waals surface area contributed by atoms with Gasteiger partial charge in [0.1, 0.15) is 0 Å². The van der Waals surface area contributed by atoms with E-state index in [1.165, 1.54) is 24.1 Å². The number of hydrogen-bond donors (Lipinski definition) is 1. The molecule has 0 spiro atoms. The van der Waals surface area contributed by atoms with Crippen LogP contribution in [-0.2, 0) is 4.74 Å². The molecule has 0 aromatic heterocycles. The van der Waals surface area contributed by atoms with Gasteiger partial charge in [-0.15, -0.1) is 0 Å². The zero-order valence-electron chi connectivity index (χ0n) is 12.9. The average molecular weight is 309 g/mol. The molecule has 3 unspecified atom stereocenters. The molecule has 2 fully saturated rings. The molecule has 1 aromatic rings. The van der Waals surface area contributed by atoms with Crippen molar-refractivity contribution >= 4 is 17.3 Å². The van der Waals surface area contributed by atoms with E-state index in [2.05, 4.69) is 42.3 Å². The molecule has 2 heterocycles. The summed E-state index contributed by atoms with van der Waals surface area (Å²) in [6, 6.07) is 6.79. The van der Waals surface area contributed by atoms with Crippen LogP contribution in [0.5, 0.6) is 0 Å². The van der Waals surface area contributed by atoms with Crippen molar-refractivity contribution in [3.8, 4) is 0 Å². The predicted molar refractivity (Wildman–Crippen MR) is 88.3 cm³/mol. The quantitative estimate of drug-likeness (QED) is 0.896. The van der Waals surface area contributed by atoms with E-state index >= 15 is 0 Å². The fourth-order valence-corrected chi connectivity index (χ4v) is 3.70. The molecule has 2 saturated heterocycles. The number of rotatable bonds is 5. The Bertz CT molecular complexity index is 482. The Kier molecular flexibility index (Phi) is 4.72. The van der Waals surface area contributed by atoms with Gasteiger partial charge >= 0.3 is 0 Å². The molecule has 21 heavy (non-hydrogen) atoms. The van der Waals surface area contributed by atoms with Gasteiger partial charge < -0.3 is 15.0 Å². The van der Waals surface area contributed by atoms with Gasteiger partial charge in [-0.25, -0.2) is 0 Å². The lowest BCUT2D eigenvalue weighted by atomic mass is 10.1. The molecule has 2 aliphatic heterocycles. The molecule has 116 valence electrons. The fraction of sp³-hybridized carbons (Fsp3) is 0.647. The normalized spacial score (nSPS) is 26.1. The maximum Gasteiger partial charge on any atom is 0.0755 e. The second kappa shape index (κ2) is 6.55. The van der Waals surface area contributed by atoms with Crippen LogP contribution in [0.25, 0.3) is 0 Å². The summed E-state index contributed by atoms with van der Waals surface area (Å²) in [6.07, 6.45) is 4.35. The van der Waals surface area contributed by atoms with Gasteiger partial charge in [0, 0.05) is 29.8 Å². The minimum absolute atomic E-state index is 0.298. The number of hydrogen-bond acceptors (Lipinski definition) is 3. The summed E-state index contributed by atoms with van der Waals surface area (Å²) in [5, 5.41) is 4.36. The largest absolute Gasteiger partial charge is 0.371 e. The SMILES string of the molecule is CCCNC(C)c1ccc(N2CC3CCC(C2)O3)cc1Cl. The Morgan fingerprint density at radius 2 is 2.05 bits per heavy atom. The molecule has 1 N–H and O–H groups in total. The summed E-state index contributed by atoms with van der Waals surface area (Å²) in [5.74, 6) is 0. The number of morpholine rings is 1. The van der Waals surface area contributed by atoms with Crippen molar-refractivity contribution in [3.63, 3.8) is 0 Å². The lowest BCUT2D eigenvalue weighted by Gasteiger charge is -2.34. The van der Waals surface area contributed by atoms with Gasteiger partial charge in [0.2, 0.25) is 0 Å². The van der Waals surface area contributed by atoms with E-state index in [0.29, 0.717) is 18.2 Å². The van der Waals surface area contributed by atoms with Gasteiger partial charge in [0.15, 0.2) is 0 Å². The smallest absolute Gasteiger partial charge is 0.0755 e. The van der Waals surface area contributed by atoms with Crippen molar-refractivity contribution in [3.05, 3.63) is 28.8 Å². The summed E-state index contributed by atoms with van der Waals surface area (Å²) in [6.45, 7) is 7.36. The highest BCUT2D eigenvalue weighted by atomic mass is 35.5. The first kappa shape index (κ1) is 15.1. The van der Waals surface area contributed by atoms with E-state index in [0.717, 1.165) is 31.1 Å². The minimum Gasteiger partial charge on any atom is -0.371 e. The zero-order valence-corrected chi connectivity index (χ0v) is 13.7. The number of nitrogens with zero attached hydrogens (tertiary/aromatic N) is 1. The van der Waals surface area contributed by atoms with Crippen LogP contribution in [0.2, 0.25) is 5.02 Å². The van der Waals surface area contributed by atoms with Gasteiger partial charge in [0.05, 0.1) is 12.2 Å². The number of fused-ring (bicyclic) bond motifs is 2. The average Bonchev–Trinajstić information content (AvgIpc) is 2.83. The van der Waals surface area contributed by atoms with E-state index in [1.54, 1.807) is 0 Å². The van der Waals surface area contributed by atoms with Crippen LogP contribution in [0, 0.1) is 0 Å². The van der Waals surface area contributed by atoms with Crippen molar-refractivity contribution in [2.75, 3.05) is 24.5 Å². The van der Waals surface area contributed by atoms with Crippen LogP contribution < -0.4 is 10.2 Å². The van der Waals surface area contributed by atoms with Crippen molar-refractivity contribution in [1.82, 2.24) is 5.32 Å². The van der Waals surface area contributed by atoms with Crippen molar-refractivity contribution in [2.24, 2.45) is 0 Å². The van der Waals surface area contributed by atoms with Crippen molar-refractivity contribution in [1.29, 1.82) is 0 Å². The van der Waals surface area contributed by atoms with Crippen LogP contribution >= 0.6 is 11.6 Å². The topological polar surface area (TPSA) is 24.5 Å². The number of ether oxygens (including phenoxy) is 1. The minimum atomic E-state index is 0.298. The van der Waals surface area contributed by atoms with Gasteiger partial charge in [-0.1, -0.05) is 24.6 Å². The zero-order chi connectivity index (χ0) is 14.8. The first-order valence-corrected chi connectivity index (χ1v) is 8.48. The van der Waals surface area contributed by atoms with Crippen LogP contribution in [0.15, 0.2) is 18.2 Å². The number of nitrogens with one attached hydrogen (secondary N) is 1. The molecule has 0 radical (unpaired) electrons. The second-order valence-electron chi connectivity index (χ2n) is 6.24. The number of halogens is 1. The summed E-state index contributed by atoms with van der Waals surface area (Å²) >= 11 is 6.51. The van der Waals surface area contributed by atoms with E-state index in [9.17, 15) is 0 Å². The number of anilines is 1. The first-order chi connectivity index (χ1) is 10.2. The summed E-state index contributed by atoms with van der Waals surface area (Å²) < 4.78 is 5.90. The predicted octanol–water partition coefficient (Wildman–Crippen LogP) is 3.77. The van der Waals surface area contributed by atoms with Gasteiger partial charge in [-0.3, -0.25) is 0 Å². The van der Waals surface area contributed by atoms with Crippen LogP contribution in [-0.4, -0.2) is 31.8 Å². The van der Waals surface area contributed by atoms with Crippen LogP contribution in [0.4, 0.5) is 5.69 Å². The molecular formula is C17H25ClN2O. The Morgan fingerprint density at radius 3 is 2.67 bits per heavy atom. The third-order valence-electron chi connectivity index (χ3n) is 4.56. The van der Waals surface area contributed by atoms with Crippen LogP contribution in [0.3, 0.4) is 0 Å². The van der Waals surface area contributed by atoms with Gasteiger partial charge in [-0.2, -0.15) is 0 Å². The molecule has 0 amide bonds. The molecule has 2 bridgehead atoms. The molecule has 0 saturated carbocycles. The second-order valence-corrected chi connectivity index (χ2v) is 6.65. The molecule has 3 nitrogen and oxygen atoms in total. The van der Waals surface area contributed by atoms with Gasteiger partial charge in [0.25, 0.3) is 0 Å². The van der Waals surface area contributed by atoms with E-state index in [4.69, 9.17) is 16.3 Å². The lowest BCUT2D eigenvalue weighted by Crippen LogP contribution is -2.42. The standard InChI is InChI=1S/C17H25ClN2O/c1-3-8-19-12(2)16-7-4-13(9-17(16)18)20-10-14-5-6-15(11-20)21-14/h4,7,9,12,14-15,19H,3,5-6,8,10-11H2,1-2H3. The molecule has 4 heteroatoms. The highest BCUT2D eigenvalue weighted by Crippen LogP contribution is 2.33. The van der Waals surface area contributed by atoms with E-state index < -0.39 is 0 Å². The van der Waals surface area contributed by atoms with Crippen molar-refractivity contribution < 1.29 is 4.74 Å². The van der Waals surface area contributed by atoms with E-state index in [1.807, 2.05) is 0 Å². The third kappa shape index (κ3) is 3.36. The monoisotopic (exact) mass is 308 g/mol. The third-order valence-corrected chi connectivity index (χ3v) is 4.89. The Hall–Kier alpha value is -0.770. The maximum absolute atomic E-state index is 6.51. The summed E-state index contributed by atoms with van der Waals surface area (Å²) in [4.78, 5) is 2.42.